The summed E-state index contributed by atoms with van der Waals surface area (Å²) in [6.07, 6.45) is 0.768. The van der Waals surface area contributed by atoms with Crippen LogP contribution in [-0.4, -0.2) is 55.6 Å². The molecule has 2 aromatic heterocycles. The molecule has 6 N–H and O–H groups in total. The van der Waals surface area contributed by atoms with Crippen molar-refractivity contribution in [1.29, 1.82) is 0 Å². The Kier molecular flexibility index (Phi) is 6.11. The van der Waals surface area contributed by atoms with Gasteiger partial charge in [0.2, 0.25) is 0 Å². The van der Waals surface area contributed by atoms with Gasteiger partial charge in [0, 0.05) is 24.8 Å². The van der Waals surface area contributed by atoms with Crippen molar-refractivity contribution in [2.45, 2.75) is 18.8 Å². The summed E-state index contributed by atoms with van der Waals surface area (Å²) in [5.74, 6) is 0. The molecule has 0 bridgehead atoms. The molecule has 0 aliphatic rings. The van der Waals surface area contributed by atoms with Crippen LogP contribution in [0.2, 0.25) is 0 Å². The van der Waals surface area contributed by atoms with Crippen molar-refractivity contribution in [3.05, 3.63) is 28.4 Å². The number of hydrogen-bond acceptors (Lipinski definition) is 6. The maximum atomic E-state index is 11.5. The van der Waals surface area contributed by atoms with Gasteiger partial charge in [0.25, 0.3) is 5.56 Å². The number of aromatic nitrogens is 3. The standard InChI is InChI=1S/C11H16N4O4.ClH/c16-4-8(18)7(17)3-12-1-6-2-13-10-9(6)14-5-15-11(10)19;/h2,5,7-8,12-13,16-18H,1,3-4H2,(H,14,15,19);1H/t7-,8+;/m0./s1. The van der Waals surface area contributed by atoms with Crippen LogP contribution in [0.25, 0.3) is 11.0 Å². The number of aromatic amines is 2. The summed E-state index contributed by atoms with van der Waals surface area (Å²) < 4.78 is 0. The third kappa shape index (κ3) is 3.56. The quantitative estimate of drug-likeness (QED) is 0.384. The van der Waals surface area contributed by atoms with E-state index in [4.69, 9.17) is 5.11 Å². The molecule has 8 nitrogen and oxygen atoms in total. The third-order valence-corrected chi connectivity index (χ3v) is 2.85. The highest BCUT2D eigenvalue weighted by Gasteiger charge is 2.15. The maximum absolute atomic E-state index is 11.5. The number of aliphatic hydroxyl groups is 3. The van der Waals surface area contributed by atoms with Gasteiger partial charge in [0.1, 0.15) is 11.6 Å². The van der Waals surface area contributed by atoms with Crippen molar-refractivity contribution >= 4 is 23.4 Å². The Morgan fingerprint density at radius 1 is 1.30 bits per heavy atom. The molecule has 0 saturated heterocycles. The van der Waals surface area contributed by atoms with E-state index in [1.165, 1.54) is 6.33 Å². The Balaban J connectivity index is 0.00000200. The molecule has 2 heterocycles. The summed E-state index contributed by atoms with van der Waals surface area (Å²) in [7, 11) is 0. The van der Waals surface area contributed by atoms with E-state index in [0.29, 0.717) is 17.6 Å². The van der Waals surface area contributed by atoms with Gasteiger partial charge >= 0.3 is 0 Å². The van der Waals surface area contributed by atoms with Crippen molar-refractivity contribution in [3.63, 3.8) is 0 Å². The minimum absolute atomic E-state index is 0. The summed E-state index contributed by atoms with van der Waals surface area (Å²) in [6, 6.07) is 0. The number of fused-ring (bicyclic) bond motifs is 1. The molecule has 0 fully saturated rings. The summed E-state index contributed by atoms with van der Waals surface area (Å²) in [5.41, 5.74) is 1.50. The minimum atomic E-state index is -1.17. The smallest absolute Gasteiger partial charge is 0.275 e. The van der Waals surface area contributed by atoms with Gasteiger partial charge in [-0.3, -0.25) is 4.79 Å². The zero-order valence-corrected chi connectivity index (χ0v) is 11.4. The van der Waals surface area contributed by atoms with Gasteiger partial charge < -0.3 is 30.6 Å². The normalized spacial score (nSPS) is 13.9. The Morgan fingerprint density at radius 2 is 2.05 bits per heavy atom. The molecule has 20 heavy (non-hydrogen) atoms. The van der Waals surface area contributed by atoms with Crippen molar-refractivity contribution in [2.24, 2.45) is 0 Å². The molecule has 0 unspecified atom stereocenters. The first kappa shape index (κ1) is 16.6. The van der Waals surface area contributed by atoms with Crippen molar-refractivity contribution in [2.75, 3.05) is 13.2 Å². The lowest BCUT2D eigenvalue weighted by Gasteiger charge is -2.15. The number of nitrogens with one attached hydrogen (secondary N) is 3. The first-order valence-corrected chi connectivity index (χ1v) is 5.85. The predicted molar refractivity (Wildman–Crippen MR) is 74.8 cm³/mol. The molecule has 2 aromatic rings. The van der Waals surface area contributed by atoms with Gasteiger partial charge in [0.15, 0.2) is 0 Å². The Labute approximate surface area is 120 Å². The Hall–Kier alpha value is -1.45. The van der Waals surface area contributed by atoms with E-state index < -0.39 is 18.8 Å². The fourth-order valence-electron chi connectivity index (χ4n) is 1.75. The summed E-state index contributed by atoms with van der Waals surface area (Å²) in [5, 5.41) is 30.2. The van der Waals surface area contributed by atoms with E-state index >= 15 is 0 Å². The lowest BCUT2D eigenvalue weighted by atomic mass is 10.2. The second-order valence-corrected chi connectivity index (χ2v) is 4.22. The van der Waals surface area contributed by atoms with Crippen molar-refractivity contribution in [1.82, 2.24) is 20.3 Å². The highest BCUT2D eigenvalue weighted by Crippen LogP contribution is 2.10. The second-order valence-electron chi connectivity index (χ2n) is 4.22. The van der Waals surface area contributed by atoms with Crippen molar-refractivity contribution in [3.8, 4) is 0 Å². The Morgan fingerprint density at radius 3 is 2.75 bits per heavy atom. The van der Waals surface area contributed by atoms with Crippen LogP contribution in [-0.2, 0) is 6.54 Å². The van der Waals surface area contributed by atoms with Gasteiger partial charge in [0.05, 0.1) is 24.6 Å². The van der Waals surface area contributed by atoms with E-state index in [0.717, 1.165) is 5.56 Å². The van der Waals surface area contributed by atoms with Crippen LogP contribution in [0.15, 0.2) is 17.3 Å². The SMILES string of the molecule is Cl.O=c1[nH]cnc2c(CNC[C@H](O)[C@H](O)CO)c[nH]c12. The molecule has 0 saturated carbocycles. The molecule has 9 heteroatoms. The van der Waals surface area contributed by atoms with Gasteiger partial charge in [-0.1, -0.05) is 0 Å². The van der Waals surface area contributed by atoms with Crippen molar-refractivity contribution < 1.29 is 15.3 Å². The number of halogens is 1. The molecule has 2 rings (SSSR count). The van der Waals surface area contributed by atoms with E-state index in [2.05, 4.69) is 20.3 Å². The highest BCUT2D eigenvalue weighted by molar-refractivity contribution is 5.85. The van der Waals surface area contributed by atoms with Crippen LogP contribution in [0, 0.1) is 0 Å². The van der Waals surface area contributed by atoms with E-state index in [-0.39, 0.29) is 24.5 Å². The van der Waals surface area contributed by atoms with E-state index in [1.54, 1.807) is 6.20 Å². The summed E-state index contributed by atoms with van der Waals surface area (Å²) >= 11 is 0. The monoisotopic (exact) mass is 304 g/mol. The fraction of sp³-hybridized carbons (Fsp3) is 0.455. The van der Waals surface area contributed by atoms with Gasteiger partial charge in [-0.05, 0) is 0 Å². The number of rotatable bonds is 6. The zero-order chi connectivity index (χ0) is 13.8. The molecule has 0 aromatic carbocycles. The van der Waals surface area contributed by atoms with Gasteiger partial charge in [-0.15, -0.1) is 12.4 Å². The number of H-pyrrole nitrogens is 2. The molecule has 0 spiro atoms. The van der Waals surface area contributed by atoms with Gasteiger partial charge in [-0.25, -0.2) is 4.98 Å². The van der Waals surface area contributed by atoms with E-state index in [9.17, 15) is 15.0 Å². The van der Waals surface area contributed by atoms with Crippen LogP contribution in [0.5, 0.6) is 0 Å². The fourth-order valence-corrected chi connectivity index (χ4v) is 1.75. The van der Waals surface area contributed by atoms with Crippen LogP contribution in [0.3, 0.4) is 0 Å². The van der Waals surface area contributed by atoms with Crippen LogP contribution >= 0.6 is 12.4 Å². The summed E-state index contributed by atoms with van der Waals surface area (Å²) in [6.45, 7) is 0.0100. The largest absolute Gasteiger partial charge is 0.394 e. The first-order chi connectivity index (χ1) is 9.13. The second kappa shape index (κ2) is 7.36. The molecule has 0 radical (unpaired) electrons. The number of nitrogens with zero attached hydrogens (tertiary/aromatic N) is 1. The maximum Gasteiger partial charge on any atom is 0.275 e. The highest BCUT2D eigenvalue weighted by atomic mass is 35.5. The average Bonchev–Trinajstić information content (AvgIpc) is 2.82. The molecule has 0 aliphatic carbocycles. The van der Waals surface area contributed by atoms with Crippen LogP contribution in [0.1, 0.15) is 5.56 Å². The first-order valence-electron chi connectivity index (χ1n) is 5.85. The van der Waals surface area contributed by atoms with E-state index in [1.807, 2.05) is 0 Å². The molecule has 0 amide bonds. The molecule has 0 aliphatic heterocycles. The number of hydrogen-bond donors (Lipinski definition) is 6. The Bertz CT molecular complexity index is 599. The number of aliphatic hydroxyl groups excluding tert-OH is 3. The third-order valence-electron chi connectivity index (χ3n) is 2.85. The predicted octanol–water partition coefficient (Wildman–Crippen LogP) is -1.52. The topological polar surface area (TPSA) is 134 Å². The average molecular weight is 305 g/mol. The zero-order valence-electron chi connectivity index (χ0n) is 10.5. The van der Waals surface area contributed by atoms with Crippen LogP contribution < -0.4 is 10.9 Å². The van der Waals surface area contributed by atoms with Crippen LogP contribution in [0.4, 0.5) is 0 Å². The summed E-state index contributed by atoms with van der Waals surface area (Å²) in [4.78, 5) is 20.8. The molecule has 112 valence electrons. The lowest BCUT2D eigenvalue weighted by Crippen LogP contribution is -2.38. The molecular formula is C11H17ClN4O4. The molecular weight excluding hydrogens is 288 g/mol. The minimum Gasteiger partial charge on any atom is -0.394 e. The lowest BCUT2D eigenvalue weighted by molar-refractivity contribution is -0.0129. The molecule has 2 atom stereocenters. The van der Waals surface area contributed by atoms with Gasteiger partial charge in [-0.2, -0.15) is 0 Å².